The minimum atomic E-state index is -0.415. The molecule has 2 N–H and O–H groups in total. The lowest BCUT2D eigenvalue weighted by molar-refractivity contribution is 0.178. The Morgan fingerprint density at radius 3 is 2.57 bits per heavy atom. The molecule has 1 aromatic carbocycles. The molecule has 2 rings (SSSR count). The van der Waals surface area contributed by atoms with E-state index in [0.717, 1.165) is 0 Å². The van der Waals surface area contributed by atoms with Gasteiger partial charge < -0.3 is 20.1 Å². The Morgan fingerprint density at radius 1 is 1.14 bits per heavy atom. The number of aromatic nitrogens is 2. The van der Waals surface area contributed by atoms with E-state index in [2.05, 4.69) is 20.6 Å². The average Bonchev–Trinajstić information content (AvgIpc) is 2.49. The molecule has 0 spiro atoms. The minimum absolute atomic E-state index is 0.167. The van der Waals surface area contributed by atoms with Crippen LogP contribution in [0.5, 0.6) is 5.75 Å². The molecule has 0 unspecified atom stereocenters. The highest BCUT2D eigenvalue weighted by molar-refractivity contribution is 5.60. The van der Waals surface area contributed by atoms with Crippen LogP contribution in [-0.2, 0) is 11.3 Å². The Hall–Kier alpha value is -2.41. The number of nitrogens with one attached hydrogen (secondary N) is 2. The van der Waals surface area contributed by atoms with E-state index in [0.29, 0.717) is 29.8 Å². The monoisotopic (exact) mass is 292 g/mol. The lowest BCUT2D eigenvalue weighted by Gasteiger charge is -2.11. The lowest BCUT2D eigenvalue weighted by atomic mass is 10.3. The van der Waals surface area contributed by atoms with Crippen molar-refractivity contribution in [2.45, 2.75) is 6.61 Å². The van der Waals surface area contributed by atoms with Crippen molar-refractivity contribution in [2.75, 3.05) is 31.9 Å². The zero-order chi connectivity index (χ0) is 15.2. The molecule has 6 nitrogen and oxygen atoms in total. The molecule has 1 aromatic heterocycles. The second kappa shape index (κ2) is 6.85. The van der Waals surface area contributed by atoms with Gasteiger partial charge in [0.2, 0.25) is 0 Å². The minimum Gasteiger partial charge on any atom is -0.494 e. The van der Waals surface area contributed by atoms with Gasteiger partial charge in [0.15, 0.2) is 17.4 Å². The van der Waals surface area contributed by atoms with Crippen molar-refractivity contribution in [1.29, 1.82) is 0 Å². The zero-order valence-corrected chi connectivity index (χ0v) is 12.1. The number of anilines is 3. The van der Waals surface area contributed by atoms with Crippen molar-refractivity contribution in [3.05, 3.63) is 35.9 Å². The van der Waals surface area contributed by atoms with Gasteiger partial charge in [-0.3, -0.25) is 0 Å². The largest absolute Gasteiger partial charge is 0.494 e. The van der Waals surface area contributed by atoms with Gasteiger partial charge >= 0.3 is 0 Å². The fraction of sp³-hybridized carbons (Fsp3) is 0.286. The summed E-state index contributed by atoms with van der Waals surface area (Å²) >= 11 is 0. The lowest BCUT2D eigenvalue weighted by Crippen LogP contribution is -2.05. The van der Waals surface area contributed by atoms with E-state index in [1.807, 2.05) is 0 Å². The van der Waals surface area contributed by atoms with Crippen LogP contribution < -0.4 is 15.4 Å². The van der Waals surface area contributed by atoms with Gasteiger partial charge in [0.1, 0.15) is 18.2 Å². The van der Waals surface area contributed by atoms with Gasteiger partial charge in [-0.25, -0.2) is 14.4 Å². The molecular formula is C14H17FN4O2. The van der Waals surface area contributed by atoms with Crippen LogP contribution in [0.4, 0.5) is 21.7 Å². The van der Waals surface area contributed by atoms with Gasteiger partial charge in [0.25, 0.3) is 0 Å². The normalized spacial score (nSPS) is 10.3. The second-order valence-corrected chi connectivity index (χ2v) is 4.21. The number of benzene rings is 1. The van der Waals surface area contributed by atoms with Gasteiger partial charge in [0.05, 0.1) is 7.11 Å². The summed E-state index contributed by atoms with van der Waals surface area (Å²) in [5, 5.41) is 6.04. The Kier molecular flexibility index (Phi) is 4.89. The van der Waals surface area contributed by atoms with E-state index in [4.69, 9.17) is 9.47 Å². The van der Waals surface area contributed by atoms with Crippen molar-refractivity contribution in [2.24, 2.45) is 0 Å². The number of methoxy groups -OCH3 is 2. The van der Waals surface area contributed by atoms with Gasteiger partial charge in [-0.05, 0) is 12.1 Å². The number of rotatable bonds is 6. The van der Waals surface area contributed by atoms with Crippen molar-refractivity contribution >= 4 is 17.3 Å². The Balaban J connectivity index is 2.27. The molecule has 2 aromatic rings. The maximum absolute atomic E-state index is 13.4. The molecular weight excluding hydrogens is 275 g/mol. The van der Waals surface area contributed by atoms with E-state index < -0.39 is 5.82 Å². The predicted octanol–water partition coefficient (Wildman–Crippen LogP) is 2.56. The molecule has 21 heavy (non-hydrogen) atoms. The van der Waals surface area contributed by atoms with Crippen molar-refractivity contribution < 1.29 is 13.9 Å². The van der Waals surface area contributed by atoms with E-state index in [9.17, 15) is 4.39 Å². The summed E-state index contributed by atoms with van der Waals surface area (Å²) in [6.07, 6.45) is 0. The van der Waals surface area contributed by atoms with Crippen molar-refractivity contribution in [3.63, 3.8) is 0 Å². The Bertz CT molecular complexity index is 622. The zero-order valence-electron chi connectivity index (χ0n) is 12.1. The van der Waals surface area contributed by atoms with E-state index >= 15 is 0 Å². The fourth-order valence-corrected chi connectivity index (χ4v) is 1.77. The Morgan fingerprint density at radius 2 is 1.90 bits per heavy atom. The quantitative estimate of drug-likeness (QED) is 0.853. The highest BCUT2D eigenvalue weighted by atomic mass is 19.1. The number of halogens is 1. The first-order valence-electron chi connectivity index (χ1n) is 6.31. The summed E-state index contributed by atoms with van der Waals surface area (Å²) in [5.41, 5.74) is 0.664. The average molecular weight is 292 g/mol. The van der Waals surface area contributed by atoms with Crippen LogP contribution in [0, 0.1) is 5.82 Å². The Labute approximate surface area is 122 Å². The van der Waals surface area contributed by atoms with Crippen LogP contribution in [0.3, 0.4) is 0 Å². The second-order valence-electron chi connectivity index (χ2n) is 4.21. The van der Waals surface area contributed by atoms with Crippen LogP contribution in [0.2, 0.25) is 0 Å². The maximum Gasteiger partial charge on any atom is 0.165 e. The molecule has 0 saturated carbocycles. The molecule has 0 aliphatic rings. The van der Waals surface area contributed by atoms with Crippen molar-refractivity contribution in [1.82, 2.24) is 9.97 Å². The molecule has 1 heterocycles. The molecule has 0 saturated heterocycles. The maximum atomic E-state index is 13.4. The summed E-state index contributed by atoms with van der Waals surface area (Å²) in [6, 6.07) is 6.24. The third kappa shape index (κ3) is 3.79. The molecule has 0 aliphatic carbocycles. The summed E-state index contributed by atoms with van der Waals surface area (Å²) in [7, 11) is 4.76. The first-order chi connectivity index (χ1) is 10.2. The summed E-state index contributed by atoms with van der Waals surface area (Å²) in [6.45, 7) is 0.303. The van der Waals surface area contributed by atoms with Gasteiger partial charge in [0, 0.05) is 32.0 Å². The highest BCUT2D eigenvalue weighted by Gasteiger charge is 2.07. The van der Waals surface area contributed by atoms with E-state index in [1.165, 1.54) is 13.2 Å². The van der Waals surface area contributed by atoms with E-state index in [1.54, 1.807) is 32.4 Å². The molecule has 0 fully saturated rings. The SMILES string of the molecule is CNc1cc(Nc2ccc(F)c(OC)c2)nc(COC)n1. The number of hydrogen-bond donors (Lipinski definition) is 2. The van der Waals surface area contributed by atoms with Gasteiger partial charge in [-0.1, -0.05) is 0 Å². The van der Waals surface area contributed by atoms with Crippen LogP contribution >= 0.6 is 0 Å². The molecule has 0 radical (unpaired) electrons. The first-order valence-corrected chi connectivity index (χ1v) is 6.31. The smallest absolute Gasteiger partial charge is 0.165 e. The molecule has 0 atom stereocenters. The van der Waals surface area contributed by atoms with Crippen LogP contribution in [0.15, 0.2) is 24.3 Å². The number of hydrogen-bond acceptors (Lipinski definition) is 6. The summed E-state index contributed by atoms with van der Waals surface area (Å²) in [5.74, 6) is 1.53. The van der Waals surface area contributed by atoms with Crippen LogP contribution in [-0.4, -0.2) is 31.2 Å². The number of ether oxygens (including phenoxy) is 2. The number of nitrogens with zero attached hydrogens (tertiary/aromatic N) is 2. The van der Waals surface area contributed by atoms with Gasteiger partial charge in [-0.15, -0.1) is 0 Å². The van der Waals surface area contributed by atoms with Crippen LogP contribution in [0.1, 0.15) is 5.82 Å². The molecule has 0 bridgehead atoms. The predicted molar refractivity (Wildman–Crippen MR) is 78.5 cm³/mol. The molecule has 0 amide bonds. The fourth-order valence-electron chi connectivity index (χ4n) is 1.77. The summed E-state index contributed by atoms with van der Waals surface area (Å²) in [4.78, 5) is 8.58. The molecule has 7 heteroatoms. The third-order valence-corrected chi connectivity index (χ3v) is 2.73. The third-order valence-electron chi connectivity index (χ3n) is 2.73. The standard InChI is InChI=1S/C14H17FN4O2/c1-16-12-7-13(19-14(18-12)8-20-2)17-9-4-5-10(15)11(6-9)21-3/h4-7H,8H2,1-3H3,(H2,16,17,18,19). The topological polar surface area (TPSA) is 68.3 Å². The summed E-state index contributed by atoms with van der Waals surface area (Å²) < 4.78 is 23.4. The highest BCUT2D eigenvalue weighted by Crippen LogP contribution is 2.24. The van der Waals surface area contributed by atoms with Gasteiger partial charge in [-0.2, -0.15) is 0 Å². The molecule has 112 valence electrons. The molecule has 0 aliphatic heterocycles. The van der Waals surface area contributed by atoms with Crippen LogP contribution in [0.25, 0.3) is 0 Å². The van der Waals surface area contributed by atoms with E-state index in [-0.39, 0.29) is 5.75 Å². The van der Waals surface area contributed by atoms with Crippen molar-refractivity contribution in [3.8, 4) is 5.75 Å². The first kappa shape index (κ1) is 15.0.